The number of hydrogen-bond donors (Lipinski definition) is 2. The van der Waals surface area contributed by atoms with E-state index in [0.717, 1.165) is 13.0 Å². The van der Waals surface area contributed by atoms with E-state index < -0.39 is 0 Å². The molecule has 4 rings (SSSR count). The number of nitrogens with zero attached hydrogens (tertiary/aromatic N) is 5. The van der Waals surface area contributed by atoms with Gasteiger partial charge < -0.3 is 10.2 Å². The molecule has 0 spiro atoms. The molecule has 20 heavy (non-hydrogen) atoms. The summed E-state index contributed by atoms with van der Waals surface area (Å²) >= 11 is 0. The molecule has 8 nitrogen and oxygen atoms in total. The van der Waals surface area contributed by atoms with Crippen LogP contribution >= 0.6 is 0 Å². The average Bonchev–Trinajstić information content (AvgIpc) is 2.88. The minimum Gasteiger partial charge on any atom is -0.333 e. The number of aromatic nitrogens is 4. The molecule has 3 saturated heterocycles. The van der Waals surface area contributed by atoms with Crippen LogP contribution in [0.25, 0.3) is 0 Å². The highest BCUT2D eigenvalue weighted by Gasteiger charge is 2.34. The lowest BCUT2D eigenvalue weighted by atomic mass is 9.84. The number of urea groups is 1. The van der Waals surface area contributed by atoms with Gasteiger partial charge in [-0.15, -0.1) is 0 Å². The highest BCUT2D eigenvalue weighted by atomic mass is 16.2. The Bertz CT molecular complexity index is 466. The van der Waals surface area contributed by atoms with Crippen LogP contribution in [0.2, 0.25) is 0 Å². The number of hydrogen-bond acceptors (Lipinski definition) is 5. The zero-order valence-corrected chi connectivity index (χ0v) is 11.7. The highest BCUT2D eigenvalue weighted by Crippen LogP contribution is 2.27. The van der Waals surface area contributed by atoms with Crippen LogP contribution < -0.4 is 10.6 Å². The van der Waals surface area contributed by atoms with Crippen molar-refractivity contribution in [1.82, 2.24) is 30.4 Å². The number of fused-ring (bicyclic) bond motifs is 3. The lowest BCUT2D eigenvalue weighted by Crippen LogP contribution is -2.57. The summed E-state index contributed by atoms with van der Waals surface area (Å²) in [5.41, 5.74) is 0. The molecule has 1 atom stereocenters. The Hall–Kier alpha value is -1.70. The van der Waals surface area contributed by atoms with E-state index in [1.54, 1.807) is 4.68 Å². The third kappa shape index (κ3) is 2.74. The number of anilines is 1. The largest absolute Gasteiger partial charge is 0.333 e. The predicted octanol–water partition coefficient (Wildman–Crippen LogP) is 0.299. The number of rotatable bonds is 4. The summed E-state index contributed by atoms with van der Waals surface area (Å²) in [6.45, 7) is 6.03. The van der Waals surface area contributed by atoms with Crippen molar-refractivity contribution in [1.29, 1.82) is 0 Å². The van der Waals surface area contributed by atoms with Gasteiger partial charge in [-0.2, -0.15) is 0 Å². The normalized spacial score (nSPS) is 28.4. The smallest absolute Gasteiger partial charge is 0.321 e. The van der Waals surface area contributed by atoms with Gasteiger partial charge in [0.2, 0.25) is 0 Å². The molecule has 1 aromatic rings. The summed E-state index contributed by atoms with van der Waals surface area (Å²) in [4.78, 5) is 14.5. The molecule has 2 bridgehead atoms. The van der Waals surface area contributed by atoms with Crippen LogP contribution in [0.4, 0.5) is 10.7 Å². The molecule has 4 heterocycles. The maximum atomic E-state index is 12.1. The molecule has 2 amide bonds. The lowest BCUT2D eigenvalue weighted by molar-refractivity contribution is 0.0776. The number of nitrogens with one attached hydrogen (secondary N) is 2. The van der Waals surface area contributed by atoms with Gasteiger partial charge in [0, 0.05) is 19.1 Å². The Labute approximate surface area is 117 Å². The van der Waals surface area contributed by atoms with Crippen LogP contribution in [0.3, 0.4) is 0 Å². The fourth-order valence-corrected chi connectivity index (χ4v) is 3.09. The van der Waals surface area contributed by atoms with E-state index in [1.165, 1.54) is 25.9 Å². The third-order valence-corrected chi connectivity index (χ3v) is 4.17. The van der Waals surface area contributed by atoms with Crippen molar-refractivity contribution in [2.24, 2.45) is 5.92 Å². The van der Waals surface area contributed by atoms with Crippen molar-refractivity contribution in [2.75, 3.05) is 25.0 Å². The fourth-order valence-electron chi connectivity index (χ4n) is 3.09. The Morgan fingerprint density at radius 1 is 1.40 bits per heavy atom. The summed E-state index contributed by atoms with van der Waals surface area (Å²) in [6.07, 6.45) is 3.28. The van der Waals surface area contributed by atoms with Crippen molar-refractivity contribution in [2.45, 2.75) is 38.8 Å². The van der Waals surface area contributed by atoms with Gasteiger partial charge in [-0.3, -0.25) is 5.32 Å². The van der Waals surface area contributed by atoms with Crippen molar-refractivity contribution in [3.05, 3.63) is 0 Å². The van der Waals surface area contributed by atoms with Gasteiger partial charge in [0.05, 0.1) is 0 Å². The molecular formula is C12H21N7O. The van der Waals surface area contributed by atoms with E-state index in [9.17, 15) is 4.79 Å². The minimum atomic E-state index is -0.212. The number of carbonyl (C=O) groups is 1. The van der Waals surface area contributed by atoms with Crippen molar-refractivity contribution in [3.8, 4) is 0 Å². The monoisotopic (exact) mass is 279 g/mol. The van der Waals surface area contributed by atoms with Crippen LogP contribution in [0.1, 0.15) is 26.2 Å². The van der Waals surface area contributed by atoms with E-state index in [1.807, 2.05) is 6.92 Å². The second kappa shape index (κ2) is 5.74. The Balaban J connectivity index is 1.55. The SMILES string of the molecule is CCCn1nnnc1NC(=O)N[C@H]1CN2CCC1CC2. The topological polar surface area (TPSA) is 88.0 Å². The third-order valence-electron chi connectivity index (χ3n) is 4.17. The first-order chi connectivity index (χ1) is 9.76. The zero-order chi connectivity index (χ0) is 13.9. The molecule has 1 aromatic heterocycles. The van der Waals surface area contributed by atoms with Gasteiger partial charge in [0.25, 0.3) is 5.95 Å². The first-order valence-electron chi connectivity index (χ1n) is 7.32. The number of amides is 2. The lowest BCUT2D eigenvalue weighted by Gasteiger charge is -2.44. The zero-order valence-electron chi connectivity index (χ0n) is 11.7. The van der Waals surface area contributed by atoms with Crippen LogP contribution in [0.5, 0.6) is 0 Å². The summed E-state index contributed by atoms with van der Waals surface area (Å²) in [5, 5.41) is 17.1. The van der Waals surface area contributed by atoms with E-state index in [-0.39, 0.29) is 12.1 Å². The molecule has 0 aliphatic carbocycles. The maximum Gasteiger partial charge on any atom is 0.321 e. The standard InChI is InChI=1S/C12H21N7O/c1-2-5-19-11(15-16-17-19)14-12(20)13-10-8-18-6-3-9(10)4-7-18/h9-10H,2-8H2,1H3,(H2,13,14,15,17,20)/t10-/m0/s1. The first-order valence-corrected chi connectivity index (χ1v) is 7.32. The van der Waals surface area contributed by atoms with E-state index in [0.29, 0.717) is 18.4 Å². The number of carbonyl (C=O) groups excluding carboxylic acids is 1. The molecular weight excluding hydrogens is 258 g/mol. The molecule has 0 saturated carbocycles. The first kappa shape index (κ1) is 13.3. The molecule has 0 unspecified atom stereocenters. The molecule has 0 radical (unpaired) electrons. The summed E-state index contributed by atoms with van der Waals surface area (Å²) in [5.74, 6) is 1.02. The van der Waals surface area contributed by atoms with Gasteiger partial charge in [0.15, 0.2) is 0 Å². The Morgan fingerprint density at radius 3 is 2.85 bits per heavy atom. The van der Waals surface area contributed by atoms with Crippen molar-refractivity contribution < 1.29 is 4.79 Å². The number of tetrazole rings is 1. The number of aryl methyl sites for hydroxylation is 1. The van der Waals surface area contributed by atoms with Crippen LogP contribution in [0.15, 0.2) is 0 Å². The molecule has 110 valence electrons. The van der Waals surface area contributed by atoms with E-state index in [4.69, 9.17) is 0 Å². The van der Waals surface area contributed by atoms with Crippen molar-refractivity contribution >= 4 is 12.0 Å². The molecule has 3 fully saturated rings. The van der Waals surface area contributed by atoms with Gasteiger partial charge in [-0.1, -0.05) is 12.0 Å². The van der Waals surface area contributed by atoms with Gasteiger partial charge in [-0.25, -0.2) is 9.48 Å². The maximum absolute atomic E-state index is 12.1. The predicted molar refractivity (Wildman–Crippen MR) is 73.2 cm³/mol. The molecule has 0 aromatic carbocycles. The Kier molecular flexibility index (Phi) is 3.81. The van der Waals surface area contributed by atoms with E-state index in [2.05, 4.69) is 31.1 Å². The van der Waals surface area contributed by atoms with E-state index >= 15 is 0 Å². The van der Waals surface area contributed by atoms with Gasteiger partial charge in [0.1, 0.15) is 0 Å². The summed E-state index contributed by atoms with van der Waals surface area (Å²) in [6, 6.07) is 0.0314. The number of piperidine rings is 3. The summed E-state index contributed by atoms with van der Waals surface area (Å²) < 4.78 is 1.61. The molecule has 3 aliphatic rings. The quantitative estimate of drug-likeness (QED) is 0.827. The van der Waals surface area contributed by atoms with Gasteiger partial charge in [-0.05, 0) is 48.7 Å². The summed E-state index contributed by atoms with van der Waals surface area (Å²) in [7, 11) is 0. The minimum absolute atomic E-state index is 0.212. The molecule has 3 aliphatic heterocycles. The van der Waals surface area contributed by atoms with Crippen molar-refractivity contribution in [3.63, 3.8) is 0 Å². The van der Waals surface area contributed by atoms with Crippen LogP contribution in [-0.2, 0) is 6.54 Å². The average molecular weight is 279 g/mol. The Morgan fingerprint density at radius 2 is 2.20 bits per heavy atom. The second-order valence-electron chi connectivity index (χ2n) is 5.57. The van der Waals surface area contributed by atoms with Crippen LogP contribution in [-0.4, -0.2) is 56.8 Å². The fraction of sp³-hybridized carbons (Fsp3) is 0.833. The molecule has 8 heteroatoms. The highest BCUT2D eigenvalue weighted by molar-refractivity contribution is 5.87. The second-order valence-corrected chi connectivity index (χ2v) is 5.57. The van der Waals surface area contributed by atoms with Crippen LogP contribution in [0, 0.1) is 5.92 Å². The van der Waals surface area contributed by atoms with Gasteiger partial charge >= 0.3 is 6.03 Å². The molecule has 2 N–H and O–H groups in total.